The van der Waals surface area contributed by atoms with Crippen LogP contribution >= 0.6 is 0 Å². The van der Waals surface area contributed by atoms with Crippen molar-refractivity contribution in [1.29, 1.82) is 0 Å². The highest BCUT2D eigenvalue weighted by molar-refractivity contribution is 5.76. The van der Waals surface area contributed by atoms with Crippen molar-refractivity contribution < 1.29 is 14.3 Å². The average Bonchev–Trinajstić information content (AvgIpc) is 3.11. The third-order valence-corrected chi connectivity index (χ3v) is 5.68. The molecule has 1 aromatic carbocycles. The highest BCUT2D eigenvalue weighted by Crippen LogP contribution is 2.59. The topological polar surface area (TPSA) is 38.8 Å². The van der Waals surface area contributed by atoms with Gasteiger partial charge in [-0.2, -0.15) is 0 Å². The zero-order valence-electron chi connectivity index (χ0n) is 12.6. The van der Waals surface area contributed by atoms with Crippen LogP contribution in [-0.2, 0) is 9.53 Å². The van der Waals surface area contributed by atoms with E-state index in [1.807, 2.05) is 12.1 Å². The molecule has 21 heavy (non-hydrogen) atoms. The largest absolute Gasteiger partial charge is 0.426 e. The third kappa shape index (κ3) is 2.18. The number of hydrogen-bond acceptors (Lipinski definition) is 3. The fourth-order valence-corrected chi connectivity index (χ4v) is 4.17. The van der Waals surface area contributed by atoms with Gasteiger partial charge in [0.2, 0.25) is 0 Å². The van der Waals surface area contributed by atoms with Gasteiger partial charge in [-0.3, -0.25) is 4.79 Å². The Morgan fingerprint density at radius 2 is 2.05 bits per heavy atom. The molecule has 3 aliphatic rings. The quantitative estimate of drug-likeness (QED) is 0.483. The lowest BCUT2D eigenvalue weighted by Crippen LogP contribution is -2.29. The van der Waals surface area contributed by atoms with Crippen LogP contribution in [0.2, 0.25) is 0 Å². The summed E-state index contributed by atoms with van der Waals surface area (Å²) in [5.41, 5.74) is 1.30. The van der Waals surface area contributed by atoms with Gasteiger partial charge in [-0.15, -0.1) is 0 Å². The molecular formula is C18H22O3. The summed E-state index contributed by atoms with van der Waals surface area (Å²) in [7, 11) is 0. The van der Waals surface area contributed by atoms with Crippen molar-refractivity contribution in [1.82, 2.24) is 0 Å². The number of fused-ring (bicyclic) bond motifs is 5. The molecule has 0 amide bonds. The smallest absolute Gasteiger partial charge is 0.314 e. The normalized spacial score (nSPS) is 37.1. The van der Waals surface area contributed by atoms with Crippen LogP contribution in [0.25, 0.3) is 0 Å². The zero-order valence-corrected chi connectivity index (χ0v) is 12.6. The van der Waals surface area contributed by atoms with Crippen LogP contribution in [0.3, 0.4) is 0 Å². The Morgan fingerprint density at radius 3 is 2.67 bits per heavy atom. The van der Waals surface area contributed by atoms with Crippen molar-refractivity contribution >= 4 is 5.97 Å². The molecule has 2 aliphatic carbocycles. The van der Waals surface area contributed by atoms with Crippen molar-refractivity contribution in [3.05, 3.63) is 29.8 Å². The maximum Gasteiger partial charge on any atom is 0.314 e. The first kappa shape index (κ1) is 13.3. The van der Waals surface area contributed by atoms with E-state index >= 15 is 0 Å². The molecular weight excluding hydrogens is 264 g/mol. The minimum absolute atomic E-state index is 0.0491. The molecule has 2 saturated carbocycles. The highest BCUT2D eigenvalue weighted by atomic mass is 16.6. The molecule has 0 radical (unpaired) electrons. The van der Waals surface area contributed by atoms with Crippen LogP contribution in [0.15, 0.2) is 24.3 Å². The minimum Gasteiger partial charge on any atom is -0.426 e. The van der Waals surface area contributed by atoms with Crippen LogP contribution in [0.1, 0.15) is 44.6 Å². The molecule has 1 aromatic rings. The van der Waals surface area contributed by atoms with Gasteiger partial charge in [0.15, 0.2) is 0 Å². The fraction of sp³-hybridized carbons (Fsp3) is 0.611. The Morgan fingerprint density at radius 1 is 1.29 bits per heavy atom. The number of hydrogen-bond donors (Lipinski definition) is 0. The lowest BCUT2D eigenvalue weighted by Gasteiger charge is -2.18. The van der Waals surface area contributed by atoms with Gasteiger partial charge in [0.1, 0.15) is 5.75 Å². The van der Waals surface area contributed by atoms with Crippen molar-refractivity contribution in [3.8, 4) is 5.75 Å². The number of carbonyl (C=O) groups excluding carboxylic acids is 1. The second-order valence-corrected chi connectivity index (χ2v) is 6.87. The Balaban J connectivity index is 1.40. The molecule has 2 bridgehead atoms. The van der Waals surface area contributed by atoms with E-state index in [9.17, 15) is 4.79 Å². The van der Waals surface area contributed by atoms with E-state index in [2.05, 4.69) is 26.0 Å². The number of epoxide rings is 1. The predicted molar refractivity (Wildman–Crippen MR) is 79.1 cm³/mol. The summed E-state index contributed by atoms with van der Waals surface area (Å²) >= 11 is 0. The number of ether oxygens (including phenoxy) is 2. The van der Waals surface area contributed by atoms with E-state index in [1.54, 1.807) is 0 Å². The number of rotatable bonds is 4. The Labute approximate surface area is 125 Å². The number of benzene rings is 1. The molecule has 112 valence electrons. The molecule has 1 aliphatic heterocycles. The van der Waals surface area contributed by atoms with Gasteiger partial charge < -0.3 is 9.47 Å². The summed E-state index contributed by atoms with van der Waals surface area (Å²) in [6, 6.07) is 7.97. The van der Waals surface area contributed by atoms with E-state index in [0.29, 0.717) is 35.7 Å². The van der Waals surface area contributed by atoms with Crippen molar-refractivity contribution in [2.75, 3.05) is 0 Å². The lowest BCUT2D eigenvalue weighted by molar-refractivity contribution is -0.140. The third-order valence-electron chi connectivity index (χ3n) is 5.68. The van der Waals surface area contributed by atoms with Crippen LogP contribution in [0.5, 0.6) is 5.75 Å². The summed E-state index contributed by atoms with van der Waals surface area (Å²) in [6.45, 7) is 4.39. The Hall–Kier alpha value is -1.35. The second-order valence-electron chi connectivity index (χ2n) is 6.87. The molecule has 0 N–H and O–H groups in total. The highest BCUT2D eigenvalue weighted by Gasteiger charge is 2.64. The second kappa shape index (κ2) is 4.84. The van der Waals surface area contributed by atoms with Crippen molar-refractivity contribution in [2.24, 2.45) is 17.8 Å². The van der Waals surface area contributed by atoms with E-state index in [0.717, 1.165) is 19.3 Å². The number of carbonyl (C=O) groups is 1. The van der Waals surface area contributed by atoms with Gasteiger partial charge >= 0.3 is 5.97 Å². The zero-order chi connectivity index (χ0) is 14.6. The monoisotopic (exact) mass is 286 g/mol. The van der Waals surface area contributed by atoms with Gasteiger partial charge in [-0.05, 0) is 48.8 Å². The van der Waals surface area contributed by atoms with Crippen molar-refractivity contribution in [2.45, 2.75) is 51.2 Å². The molecule has 1 heterocycles. The van der Waals surface area contributed by atoms with E-state index in [1.165, 1.54) is 5.56 Å². The summed E-state index contributed by atoms with van der Waals surface area (Å²) in [5, 5.41) is 0. The lowest BCUT2D eigenvalue weighted by atomic mass is 9.89. The molecule has 4 rings (SSSR count). The Bertz CT molecular complexity index is 550. The van der Waals surface area contributed by atoms with E-state index in [-0.39, 0.29) is 11.9 Å². The summed E-state index contributed by atoms with van der Waals surface area (Å²) < 4.78 is 11.2. The molecule has 3 nitrogen and oxygen atoms in total. The van der Waals surface area contributed by atoms with Gasteiger partial charge in [-0.1, -0.05) is 26.0 Å². The fourth-order valence-electron chi connectivity index (χ4n) is 4.17. The van der Waals surface area contributed by atoms with E-state index < -0.39 is 0 Å². The standard InChI is InChI=1S/C18H22O3/c1-3-10(2)11-4-6-13(7-5-11)20-18(19)15-9-12-8-14(15)17-16(12)21-17/h4-7,10,12,14-17H,3,8-9H2,1-2H3. The van der Waals surface area contributed by atoms with Crippen LogP contribution in [-0.4, -0.2) is 18.2 Å². The first-order valence-corrected chi connectivity index (χ1v) is 8.14. The summed E-state index contributed by atoms with van der Waals surface area (Å²) in [5.74, 6) is 2.21. The SMILES string of the molecule is CCC(C)c1ccc(OC(=O)C2CC3CC2C2OC32)cc1. The first-order chi connectivity index (χ1) is 10.2. The molecule has 6 atom stereocenters. The maximum absolute atomic E-state index is 12.4. The molecule has 0 aromatic heterocycles. The first-order valence-electron chi connectivity index (χ1n) is 8.14. The number of esters is 1. The Kier molecular flexibility index (Phi) is 3.07. The minimum atomic E-state index is -0.0623. The summed E-state index contributed by atoms with van der Waals surface area (Å²) in [4.78, 5) is 12.4. The van der Waals surface area contributed by atoms with Crippen molar-refractivity contribution in [3.63, 3.8) is 0 Å². The van der Waals surface area contributed by atoms with E-state index in [4.69, 9.17) is 9.47 Å². The van der Waals surface area contributed by atoms with Gasteiger partial charge in [0.25, 0.3) is 0 Å². The molecule has 6 unspecified atom stereocenters. The van der Waals surface area contributed by atoms with Gasteiger partial charge in [-0.25, -0.2) is 0 Å². The summed E-state index contributed by atoms with van der Waals surface area (Å²) in [6.07, 6.45) is 4.05. The molecule has 1 saturated heterocycles. The van der Waals surface area contributed by atoms with Crippen LogP contribution < -0.4 is 4.74 Å². The average molecular weight is 286 g/mol. The molecule has 3 fully saturated rings. The maximum atomic E-state index is 12.4. The van der Waals surface area contributed by atoms with Gasteiger partial charge in [0.05, 0.1) is 18.1 Å². The van der Waals surface area contributed by atoms with Crippen LogP contribution in [0, 0.1) is 17.8 Å². The molecule has 0 spiro atoms. The predicted octanol–water partition coefficient (Wildman–Crippen LogP) is 3.53. The molecule has 3 heteroatoms. The van der Waals surface area contributed by atoms with Gasteiger partial charge in [0, 0.05) is 5.92 Å². The van der Waals surface area contributed by atoms with Crippen LogP contribution in [0.4, 0.5) is 0 Å².